The first kappa shape index (κ1) is 25.9. The van der Waals surface area contributed by atoms with Crippen LogP contribution in [0.15, 0.2) is 23.2 Å². The van der Waals surface area contributed by atoms with Crippen molar-refractivity contribution in [1.82, 2.24) is 15.5 Å². The Balaban J connectivity index is 0.00000676. The summed E-state index contributed by atoms with van der Waals surface area (Å²) in [5.41, 5.74) is 2.26. The summed E-state index contributed by atoms with van der Waals surface area (Å²) in [6.07, 6.45) is 0. The summed E-state index contributed by atoms with van der Waals surface area (Å²) in [5.74, 6) is 1.65. The monoisotopic (exact) mass is 494 g/mol. The summed E-state index contributed by atoms with van der Waals surface area (Å²) < 4.78 is 16.0. The number of aliphatic imine (C=N–C) groups is 1. The lowest BCUT2D eigenvalue weighted by Gasteiger charge is -2.18. The number of hydrogen-bond donors (Lipinski definition) is 2. The lowest BCUT2D eigenvalue weighted by atomic mass is 10.1. The molecule has 1 rings (SSSR count). The van der Waals surface area contributed by atoms with Gasteiger partial charge in [0.25, 0.3) is 0 Å². The standard InChI is InChI=1S/C19H34N4O3.HI/c1-16-6-7-17(18(14-16)26-13-12-25-5)15-22-19(20-2)21-8-9-23(3)10-11-24-4;/h6-7,14H,8-13,15H2,1-5H3,(H2,20,21,22);1H. The van der Waals surface area contributed by atoms with Crippen LogP contribution in [-0.4, -0.2) is 78.6 Å². The van der Waals surface area contributed by atoms with Crippen molar-refractivity contribution in [2.45, 2.75) is 13.5 Å². The summed E-state index contributed by atoms with van der Waals surface area (Å²) in [7, 11) is 7.24. The molecule has 0 amide bonds. The van der Waals surface area contributed by atoms with Gasteiger partial charge in [-0.3, -0.25) is 4.99 Å². The molecule has 0 aliphatic carbocycles. The molecule has 1 aromatic rings. The van der Waals surface area contributed by atoms with Crippen molar-refractivity contribution in [3.63, 3.8) is 0 Å². The first-order chi connectivity index (χ1) is 12.6. The average Bonchev–Trinajstić information content (AvgIpc) is 2.64. The Hall–Kier alpha value is -1.10. The third-order valence-corrected chi connectivity index (χ3v) is 3.90. The molecule has 0 atom stereocenters. The fraction of sp³-hybridized carbons (Fsp3) is 0.632. The highest BCUT2D eigenvalue weighted by molar-refractivity contribution is 14.0. The molecule has 0 heterocycles. The fourth-order valence-corrected chi connectivity index (χ4v) is 2.30. The van der Waals surface area contributed by atoms with Crippen molar-refractivity contribution in [3.05, 3.63) is 29.3 Å². The summed E-state index contributed by atoms with van der Waals surface area (Å²) in [6.45, 7) is 7.18. The van der Waals surface area contributed by atoms with Gasteiger partial charge in [0, 0.05) is 53.0 Å². The smallest absolute Gasteiger partial charge is 0.191 e. The Morgan fingerprint density at radius 3 is 2.48 bits per heavy atom. The van der Waals surface area contributed by atoms with Gasteiger partial charge >= 0.3 is 0 Å². The lowest BCUT2D eigenvalue weighted by molar-refractivity contribution is 0.145. The van der Waals surface area contributed by atoms with Crippen LogP contribution in [0.4, 0.5) is 0 Å². The first-order valence-electron chi connectivity index (χ1n) is 8.94. The predicted octanol–water partition coefficient (Wildman–Crippen LogP) is 1.88. The van der Waals surface area contributed by atoms with Crippen LogP contribution >= 0.6 is 24.0 Å². The number of benzene rings is 1. The molecule has 0 aliphatic rings. The predicted molar refractivity (Wildman–Crippen MR) is 122 cm³/mol. The number of aryl methyl sites for hydroxylation is 1. The van der Waals surface area contributed by atoms with Crippen LogP contribution in [0.1, 0.15) is 11.1 Å². The van der Waals surface area contributed by atoms with Crippen LogP contribution in [0.25, 0.3) is 0 Å². The normalized spacial score (nSPS) is 11.3. The number of rotatable bonds is 12. The number of likely N-dealkylation sites (N-methyl/N-ethyl adjacent to an activating group) is 1. The molecule has 0 aliphatic heterocycles. The van der Waals surface area contributed by atoms with Gasteiger partial charge in [-0.1, -0.05) is 12.1 Å². The van der Waals surface area contributed by atoms with E-state index >= 15 is 0 Å². The lowest BCUT2D eigenvalue weighted by Crippen LogP contribution is -2.41. The van der Waals surface area contributed by atoms with E-state index < -0.39 is 0 Å². The van der Waals surface area contributed by atoms with Crippen LogP contribution in [0.2, 0.25) is 0 Å². The third kappa shape index (κ3) is 11.4. The summed E-state index contributed by atoms with van der Waals surface area (Å²) in [4.78, 5) is 6.49. The van der Waals surface area contributed by atoms with E-state index in [1.54, 1.807) is 21.3 Å². The SMILES string of the molecule is CN=C(NCCN(C)CCOC)NCc1ccc(C)cc1OCCOC.I. The second-order valence-electron chi connectivity index (χ2n) is 6.10. The minimum Gasteiger partial charge on any atom is -0.491 e. The maximum Gasteiger partial charge on any atom is 0.191 e. The number of halogens is 1. The Kier molecular flexibility index (Phi) is 15.3. The minimum atomic E-state index is 0. The van der Waals surface area contributed by atoms with Gasteiger partial charge in [-0.2, -0.15) is 0 Å². The fourth-order valence-electron chi connectivity index (χ4n) is 2.30. The van der Waals surface area contributed by atoms with Crippen molar-refractivity contribution >= 4 is 29.9 Å². The second kappa shape index (κ2) is 15.9. The molecular formula is C19H35IN4O3. The van der Waals surface area contributed by atoms with Crippen LogP contribution in [0.5, 0.6) is 5.75 Å². The molecule has 8 heteroatoms. The zero-order chi connectivity index (χ0) is 19.2. The van der Waals surface area contributed by atoms with Gasteiger partial charge in [-0.15, -0.1) is 24.0 Å². The molecule has 0 spiro atoms. The van der Waals surface area contributed by atoms with Crippen LogP contribution in [0.3, 0.4) is 0 Å². The van der Waals surface area contributed by atoms with Crippen molar-refractivity contribution in [3.8, 4) is 5.75 Å². The van der Waals surface area contributed by atoms with Gasteiger partial charge in [-0.05, 0) is 25.6 Å². The quantitative estimate of drug-likeness (QED) is 0.200. The molecule has 0 radical (unpaired) electrons. The van der Waals surface area contributed by atoms with Gasteiger partial charge in [0.15, 0.2) is 5.96 Å². The largest absolute Gasteiger partial charge is 0.491 e. The van der Waals surface area contributed by atoms with Crippen LogP contribution < -0.4 is 15.4 Å². The maximum atomic E-state index is 5.83. The number of hydrogen-bond acceptors (Lipinski definition) is 5. The number of ether oxygens (including phenoxy) is 3. The third-order valence-electron chi connectivity index (χ3n) is 3.90. The average molecular weight is 494 g/mol. The molecule has 0 saturated carbocycles. The first-order valence-corrected chi connectivity index (χ1v) is 8.94. The van der Waals surface area contributed by atoms with Gasteiger partial charge in [0.1, 0.15) is 12.4 Å². The number of guanidine groups is 1. The molecule has 1 aromatic carbocycles. The molecule has 0 fully saturated rings. The zero-order valence-electron chi connectivity index (χ0n) is 17.2. The van der Waals surface area contributed by atoms with E-state index in [1.165, 1.54) is 5.56 Å². The second-order valence-corrected chi connectivity index (χ2v) is 6.10. The summed E-state index contributed by atoms with van der Waals surface area (Å²) in [6, 6.07) is 6.21. The Labute approximate surface area is 180 Å². The van der Waals surface area contributed by atoms with E-state index in [-0.39, 0.29) is 24.0 Å². The van der Waals surface area contributed by atoms with E-state index in [1.807, 2.05) is 6.07 Å². The van der Waals surface area contributed by atoms with E-state index in [0.29, 0.717) is 19.8 Å². The van der Waals surface area contributed by atoms with Crippen molar-refractivity contribution in [1.29, 1.82) is 0 Å². The van der Waals surface area contributed by atoms with Gasteiger partial charge in [-0.25, -0.2) is 0 Å². The number of methoxy groups -OCH3 is 2. The highest BCUT2D eigenvalue weighted by atomic mass is 127. The highest BCUT2D eigenvalue weighted by Crippen LogP contribution is 2.20. The highest BCUT2D eigenvalue weighted by Gasteiger charge is 2.06. The molecule has 0 saturated heterocycles. The molecule has 156 valence electrons. The van der Waals surface area contributed by atoms with Gasteiger partial charge in [0.05, 0.1) is 13.2 Å². The molecule has 7 nitrogen and oxygen atoms in total. The zero-order valence-corrected chi connectivity index (χ0v) is 19.5. The van der Waals surface area contributed by atoms with Gasteiger partial charge < -0.3 is 29.7 Å². The topological polar surface area (TPSA) is 67.4 Å². The van der Waals surface area contributed by atoms with Crippen molar-refractivity contribution in [2.24, 2.45) is 4.99 Å². The van der Waals surface area contributed by atoms with Crippen LogP contribution in [-0.2, 0) is 16.0 Å². The molecular weight excluding hydrogens is 459 g/mol. The van der Waals surface area contributed by atoms with E-state index in [0.717, 1.165) is 43.5 Å². The summed E-state index contributed by atoms with van der Waals surface area (Å²) >= 11 is 0. The number of nitrogens with zero attached hydrogens (tertiary/aromatic N) is 2. The Morgan fingerprint density at radius 2 is 1.81 bits per heavy atom. The molecule has 2 N–H and O–H groups in total. The Morgan fingerprint density at radius 1 is 1.07 bits per heavy atom. The van der Waals surface area contributed by atoms with E-state index in [9.17, 15) is 0 Å². The summed E-state index contributed by atoms with van der Waals surface area (Å²) in [5, 5.41) is 6.66. The van der Waals surface area contributed by atoms with Crippen LogP contribution in [0, 0.1) is 6.92 Å². The van der Waals surface area contributed by atoms with E-state index in [2.05, 4.69) is 46.6 Å². The van der Waals surface area contributed by atoms with Crippen molar-refractivity contribution < 1.29 is 14.2 Å². The molecule has 0 bridgehead atoms. The number of nitrogens with one attached hydrogen (secondary N) is 2. The molecule has 27 heavy (non-hydrogen) atoms. The van der Waals surface area contributed by atoms with Crippen molar-refractivity contribution in [2.75, 3.05) is 67.8 Å². The molecule has 0 aromatic heterocycles. The van der Waals surface area contributed by atoms with E-state index in [4.69, 9.17) is 14.2 Å². The molecule has 0 unspecified atom stereocenters. The Bertz CT molecular complexity index is 544. The van der Waals surface area contributed by atoms with Gasteiger partial charge in [0.2, 0.25) is 0 Å². The minimum absolute atomic E-state index is 0. The maximum absolute atomic E-state index is 5.83.